The molecule has 1 N–H and O–H groups in total. The second-order valence-electron chi connectivity index (χ2n) is 6.68. The van der Waals surface area contributed by atoms with E-state index in [4.69, 9.17) is 0 Å². The number of nitrogens with one attached hydrogen (secondary N) is 1. The Kier molecular flexibility index (Phi) is 6.34. The van der Waals surface area contributed by atoms with E-state index in [1.807, 2.05) is 41.8 Å². The van der Waals surface area contributed by atoms with Crippen molar-refractivity contribution in [3.63, 3.8) is 0 Å². The molecule has 0 radical (unpaired) electrons. The number of aryl methyl sites for hydroxylation is 1. The number of amides is 1. The van der Waals surface area contributed by atoms with Gasteiger partial charge in [-0.3, -0.25) is 9.10 Å². The van der Waals surface area contributed by atoms with E-state index in [0.717, 1.165) is 34.6 Å². The van der Waals surface area contributed by atoms with E-state index in [1.165, 1.54) is 28.3 Å². The SMILES string of the molecule is CCc1ccc(NC(=O)Cc2nc(-c3ccc(N(C)S(C)(=O)=O)cc3)cs2)cc1. The van der Waals surface area contributed by atoms with Crippen molar-refractivity contribution in [2.45, 2.75) is 19.8 Å². The standard InChI is InChI=1S/C21H23N3O3S2/c1-4-15-5-9-17(10-6-15)22-20(25)13-21-23-19(14-28-21)16-7-11-18(12-8-16)24(2)29(3,26)27/h5-12,14H,4,13H2,1-3H3,(H,22,25). The topological polar surface area (TPSA) is 79.4 Å². The summed E-state index contributed by atoms with van der Waals surface area (Å²) in [4.78, 5) is 16.8. The fourth-order valence-corrected chi connectivity index (χ4v) is 4.03. The molecule has 1 amide bonds. The predicted octanol–water partition coefficient (Wildman–Crippen LogP) is 3.95. The van der Waals surface area contributed by atoms with Crippen LogP contribution < -0.4 is 9.62 Å². The quantitative estimate of drug-likeness (QED) is 0.617. The molecule has 0 aliphatic carbocycles. The second kappa shape index (κ2) is 8.75. The molecule has 1 heterocycles. The first-order valence-electron chi connectivity index (χ1n) is 9.14. The van der Waals surface area contributed by atoms with Crippen molar-refractivity contribution in [3.05, 3.63) is 64.5 Å². The number of carbonyl (C=O) groups excluding carboxylic acids is 1. The molecule has 1 aromatic heterocycles. The number of aromatic nitrogens is 1. The third-order valence-electron chi connectivity index (χ3n) is 4.53. The molecule has 0 bridgehead atoms. The molecule has 0 aliphatic rings. The van der Waals surface area contributed by atoms with E-state index in [2.05, 4.69) is 17.2 Å². The zero-order valence-electron chi connectivity index (χ0n) is 16.5. The maximum atomic E-state index is 12.3. The zero-order chi connectivity index (χ0) is 21.0. The van der Waals surface area contributed by atoms with Crippen LogP contribution in [0.4, 0.5) is 11.4 Å². The zero-order valence-corrected chi connectivity index (χ0v) is 18.2. The summed E-state index contributed by atoms with van der Waals surface area (Å²) in [7, 11) is -1.78. The molecule has 29 heavy (non-hydrogen) atoms. The molecule has 0 spiro atoms. The van der Waals surface area contributed by atoms with Gasteiger partial charge >= 0.3 is 0 Å². The summed E-state index contributed by atoms with van der Waals surface area (Å²) < 4.78 is 24.5. The van der Waals surface area contributed by atoms with E-state index in [-0.39, 0.29) is 12.3 Å². The van der Waals surface area contributed by atoms with Crippen LogP contribution >= 0.6 is 11.3 Å². The van der Waals surface area contributed by atoms with Gasteiger partial charge in [0, 0.05) is 23.7 Å². The third kappa shape index (κ3) is 5.42. The van der Waals surface area contributed by atoms with Gasteiger partial charge in [0.05, 0.1) is 24.1 Å². The molecule has 152 valence electrons. The number of anilines is 2. The molecule has 6 nitrogen and oxygen atoms in total. The monoisotopic (exact) mass is 429 g/mol. The van der Waals surface area contributed by atoms with Crippen molar-refractivity contribution in [2.75, 3.05) is 22.9 Å². The maximum Gasteiger partial charge on any atom is 0.231 e. The van der Waals surface area contributed by atoms with Crippen molar-refractivity contribution in [3.8, 4) is 11.3 Å². The fourth-order valence-electron chi connectivity index (χ4n) is 2.72. The number of nitrogens with zero attached hydrogens (tertiary/aromatic N) is 2. The van der Waals surface area contributed by atoms with Gasteiger partial charge in [-0.15, -0.1) is 11.3 Å². The highest BCUT2D eigenvalue weighted by Crippen LogP contribution is 2.25. The van der Waals surface area contributed by atoms with Crippen molar-refractivity contribution >= 4 is 38.6 Å². The van der Waals surface area contributed by atoms with Crippen LogP contribution in [0.5, 0.6) is 0 Å². The van der Waals surface area contributed by atoms with E-state index in [0.29, 0.717) is 5.69 Å². The van der Waals surface area contributed by atoms with Gasteiger partial charge in [-0.1, -0.05) is 31.2 Å². The Morgan fingerprint density at radius 3 is 2.34 bits per heavy atom. The summed E-state index contributed by atoms with van der Waals surface area (Å²) >= 11 is 1.43. The van der Waals surface area contributed by atoms with Crippen molar-refractivity contribution in [2.24, 2.45) is 0 Å². The molecule has 0 aliphatic heterocycles. The van der Waals surface area contributed by atoms with Crippen LogP contribution in [0.3, 0.4) is 0 Å². The average Bonchev–Trinajstić information content (AvgIpc) is 3.15. The fraction of sp³-hybridized carbons (Fsp3) is 0.238. The minimum Gasteiger partial charge on any atom is -0.326 e. The lowest BCUT2D eigenvalue weighted by Crippen LogP contribution is -2.24. The summed E-state index contributed by atoms with van der Waals surface area (Å²) in [5.74, 6) is -0.111. The van der Waals surface area contributed by atoms with Gasteiger partial charge in [0.25, 0.3) is 0 Å². The Morgan fingerprint density at radius 1 is 1.10 bits per heavy atom. The number of hydrogen-bond donors (Lipinski definition) is 1. The van der Waals surface area contributed by atoms with Gasteiger partial charge in [0.15, 0.2) is 0 Å². The summed E-state index contributed by atoms with van der Waals surface area (Å²) in [6, 6.07) is 14.9. The van der Waals surface area contributed by atoms with E-state index in [9.17, 15) is 13.2 Å². The van der Waals surface area contributed by atoms with Gasteiger partial charge in [-0.2, -0.15) is 0 Å². The van der Waals surface area contributed by atoms with Gasteiger partial charge in [-0.05, 0) is 36.2 Å². The number of benzene rings is 2. The minimum absolute atomic E-state index is 0.111. The molecular formula is C21H23N3O3S2. The van der Waals surface area contributed by atoms with Crippen LogP contribution in [0, 0.1) is 0 Å². The Hall–Kier alpha value is -2.71. The van der Waals surface area contributed by atoms with E-state index >= 15 is 0 Å². The molecule has 0 atom stereocenters. The lowest BCUT2D eigenvalue weighted by Gasteiger charge is -2.16. The third-order valence-corrected chi connectivity index (χ3v) is 6.59. The minimum atomic E-state index is -3.30. The highest BCUT2D eigenvalue weighted by atomic mass is 32.2. The van der Waals surface area contributed by atoms with Crippen LogP contribution in [0.25, 0.3) is 11.3 Å². The molecule has 8 heteroatoms. The van der Waals surface area contributed by atoms with Crippen molar-refractivity contribution < 1.29 is 13.2 Å². The highest BCUT2D eigenvalue weighted by Gasteiger charge is 2.13. The summed E-state index contributed by atoms with van der Waals surface area (Å²) in [5.41, 5.74) is 4.21. The number of hydrogen-bond acceptors (Lipinski definition) is 5. The predicted molar refractivity (Wildman–Crippen MR) is 119 cm³/mol. The smallest absolute Gasteiger partial charge is 0.231 e. The molecule has 3 rings (SSSR count). The van der Waals surface area contributed by atoms with E-state index in [1.54, 1.807) is 12.1 Å². The molecule has 0 saturated carbocycles. The number of carbonyl (C=O) groups is 1. The Balaban J connectivity index is 1.64. The van der Waals surface area contributed by atoms with Gasteiger partial charge in [-0.25, -0.2) is 13.4 Å². The number of thiazole rings is 1. The Morgan fingerprint density at radius 2 is 1.76 bits per heavy atom. The van der Waals surface area contributed by atoms with Gasteiger partial charge in [0.2, 0.25) is 15.9 Å². The average molecular weight is 430 g/mol. The molecular weight excluding hydrogens is 406 g/mol. The Bertz CT molecular complexity index is 1090. The maximum absolute atomic E-state index is 12.3. The van der Waals surface area contributed by atoms with Gasteiger partial charge in [0.1, 0.15) is 5.01 Å². The first-order chi connectivity index (χ1) is 13.8. The van der Waals surface area contributed by atoms with Crippen LogP contribution in [0.15, 0.2) is 53.9 Å². The van der Waals surface area contributed by atoms with Crippen LogP contribution in [-0.2, 0) is 27.7 Å². The van der Waals surface area contributed by atoms with Crippen molar-refractivity contribution in [1.29, 1.82) is 0 Å². The Labute approximate surface area is 175 Å². The normalized spacial score (nSPS) is 11.3. The highest BCUT2D eigenvalue weighted by molar-refractivity contribution is 7.92. The second-order valence-corrected chi connectivity index (χ2v) is 9.64. The molecule has 3 aromatic rings. The first-order valence-corrected chi connectivity index (χ1v) is 11.9. The van der Waals surface area contributed by atoms with Gasteiger partial charge < -0.3 is 5.32 Å². The van der Waals surface area contributed by atoms with Crippen LogP contribution in [0.1, 0.15) is 17.5 Å². The van der Waals surface area contributed by atoms with E-state index < -0.39 is 10.0 Å². The molecule has 0 saturated heterocycles. The molecule has 0 unspecified atom stereocenters. The first kappa shape index (κ1) is 21.0. The largest absolute Gasteiger partial charge is 0.326 e. The summed E-state index contributed by atoms with van der Waals surface area (Å²) in [6.45, 7) is 2.09. The van der Waals surface area contributed by atoms with Crippen LogP contribution in [-0.4, -0.2) is 32.6 Å². The summed E-state index contributed by atoms with van der Waals surface area (Å²) in [5, 5.41) is 5.51. The summed E-state index contributed by atoms with van der Waals surface area (Å²) in [6.07, 6.45) is 2.33. The molecule has 0 fully saturated rings. The lowest BCUT2D eigenvalue weighted by molar-refractivity contribution is -0.115. The molecule has 2 aromatic carbocycles. The van der Waals surface area contributed by atoms with Crippen LogP contribution in [0.2, 0.25) is 0 Å². The lowest BCUT2D eigenvalue weighted by atomic mass is 10.1. The van der Waals surface area contributed by atoms with Crippen molar-refractivity contribution in [1.82, 2.24) is 4.98 Å². The number of sulfonamides is 1. The number of rotatable bonds is 7.